The van der Waals surface area contributed by atoms with Crippen molar-refractivity contribution >= 4 is 39.9 Å². The van der Waals surface area contributed by atoms with Gasteiger partial charge in [0.1, 0.15) is 0 Å². The summed E-state index contributed by atoms with van der Waals surface area (Å²) in [6.07, 6.45) is 3.84. The first-order chi connectivity index (χ1) is 12.1. The van der Waals surface area contributed by atoms with Crippen molar-refractivity contribution in [3.63, 3.8) is 0 Å². The summed E-state index contributed by atoms with van der Waals surface area (Å²) in [5.74, 6) is -0.331. The second-order valence-corrected chi connectivity index (χ2v) is 6.96. The molecule has 2 heterocycles. The maximum Gasteiger partial charge on any atom is 0.290 e. The number of para-hydroxylation sites is 1. The normalized spacial score (nSPS) is 17.2. The zero-order chi connectivity index (χ0) is 17.4. The molecule has 0 bridgehead atoms. The Morgan fingerprint density at radius 3 is 2.48 bits per heavy atom. The number of imide groups is 1. The van der Waals surface area contributed by atoms with Crippen molar-refractivity contribution in [1.29, 1.82) is 0 Å². The van der Waals surface area contributed by atoms with Gasteiger partial charge in [-0.3, -0.25) is 14.9 Å². The number of rotatable bonds is 3. The van der Waals surface area contributed by atoms with Crippen LogP contribution in [0.3, 0.4) is 0 Å². The van der Waals surface area contributed by atoms with E-state index in [0.29, 0.717) is 4.91 Å². The Morgan fingerprint density at radius 1 is 1.04 bits per heavy atom. The summed E-state index contributed by atoms with van der Waals surface area (Å²) in [7, 11) is 0. The molecule has 1 unspecified atom stereocenters. The number of carbonyl (C=O) groups excluding carboxylic acids is 2. The van der Waals surface area contributed by atoms with Crippen LogP contribution in [0.5, 0.6) is 0 Å². The number of fused-ring (bicyclic) bond motifs is 1. The summed E-state index contributed by atoms with van der Waals surface area (Å²) in [6, 6.07) is 18.5. The molecule has 1 aromatic heterocycles. The molecule has 5 heteroatoms. The van der Waals surface area contributed by atoms with Crippen LogP contribution in [0.15, 0.2) is 65.7 Å². The molecular formula is C20H16N2O2S. The summed E-state index contributed by atoms with van der Waals surface area (Å²) in [4.78, 5) is 23.7. The Labute approximate surface area is 149 Å². The van der Waals surface area contributed by atoms with Gasteiger partial charge in [0, 0.05) is 22.7 Å². The van der Waals surface area contributed by atoms with E-state index in [2.05, 4.69) is 35.0 Å². The number of hydrogen-bond acceptors (Lipinski definition) is 3. The van der Waals surface area contributed by atoms with Gasteiger partial charge in [0.25, 0.3) is 11.1 Å². The van der Waals surface area contributed by atoms with E-state index in [-0.39, 0.29) is 17.2 Å². The van der Waals surface area contributed by atoms with Gasteiger partial charge in [0.05, 0.1) is 10.9 Å². The molecule has 2 aromatic carbocycles. The standard InChI is InChI=1S/C20H16N2O2S/c1-13(14-7-3-2-4-8-14)22-12-15(16-9-5-6-10-17(16)22)11-18-19(23)21-20(24)25-18/h2-13H,1H3,(H,21,23,24)/b18-11-. The van der Waals surface area contributed by atoms with Crippen LogP contribution in [0.1, 0.15) is 24.1 Å². The van der Waals surface area contributed by atoms with Gasteiger partial charge in [-0.05, 0) is 36.4 Å². The lowest BCUT2D eigenvalue weighted by atomic mass is 10.1. The predicted octanol–water partition coefficient (Wildman–Crippen LogP) is 4.57. The largest absolute Gasteiger partial charge is 0.340 e. The summed E-state index contributed by atoms with van der Waals surface area (Å²) in [6.45, 7) is 2.15. The molecule has 124 valence electrons. The first-order valence-electron chi connectivity index (χ1n) is 8.03. The van der Waals surface area contributed by atoms with Gasteiger partial charge in [-0.2, -0.15) is 0 Å². The average Bonchev–Trinajstić information content (AvgIpc) is 3.15. The van der Waals surface area contributed by atoms with Crippen LogP contribution in [0.2, 0.25) is 0 Å². The van der Waals surface area contributed by atoms with E-state index >= 15 is 0 Å². The monoisotopic (exact) mass is 348 g/mol. The average molecular weight is 348 g/mol. The first-order valence-corrected chi connectivity index (χ1v) is 8.84. The maximum atomic E-state index is 11.9. The molecular weight excluding hydrogens is 332 g/mol. The summed E-state index contributed by atoms with van der Waals surface area (Å²) in [5, 5.41) is 3.04. The van der Waals surface area contributed by atoms with Crippen molar-refractivity contribution in [3.8, 4) is 0 Å². The molecule has 1 saturated heterocycles. The lowest BCUT2D eigenvalue weighted by Crippen LogP contribution is -2.17. The van der Waals surface area contributed by atoms with Gasteiger partial charge >= 0.3 is 0 Å². The van der Waals surface area contributed by atoms with Crippen molar-refractivity contribution in [1.82, 2.24) is 9.88 Å². The van der Waals surface area contributed by atoms with Crippen LogP contribution in [0.4, 0.5) is 4.79 Å². The minimum absolute atomic E-state index is 0.157. The highest BCUT2D eigenvalue weighted by molar-refractivity contribution is 8.18. The van der Waals surface area contributed by atoms with Crippen molar-refractivity contribution in [3.05, 3.63) is 76.8 Å². The van der Waals surface area contributed by atoms with E-state index in [1.54, 1.807) is 6.08 Å². The molecule has 1 atom stereocenters. The van der Waals surface area contributed by atoms with Crippen LogP contribution in [-0.2, 0) is 4.79 Å². The Balaban J connectivity index is 1.84. The van der Waals surface area contributed by atoms with E-state index in [1.165, 1.54) is 5.56 Å². The third kappa shape index (κ3) is 2.87. The van der Waals surface area contributed by atoms with Crippen LogP contribution in [-0.4, -0.2) is 15.7 Å². The number of nitrogens with zero attached hydrogens (tertiary/aromatic N) is 1. The fourth-order valence-electron chi connectivity index (χ4n) is 3.12. The Bertz CT molecular complexity index is 1000. The van der Waals surface area contributed by atoms with E-state index < -0.39 is 0 Å². The highest BCUT2D eigenvalue weighted by Gasteiger charge is 2.25. The topological polar surface area (TPSA) is 51.1 Å². The fourth-order valence-corrected chi connectivity index (χ4v) is 3.79. The van der Waals surface area contributed by atoms with Gasteiger partial charge in [0.2, 0.25) is 0 Å². The molecule has 1 aliphatic heterocycles. The second kappa shape index (κ2) is 6.26. The molecule has 1 N–H and O–H groups in total. The quantitative estimate of drug-likeness (QED) is 0.705. The summed E-state index contributed by atoms with van der Waals surface area (Å²) >= 11 is 0.943. The molecule has 1 fully saturated rings. The zero-order valence-corrected chi connectivity index (χ0v) is 14.4. The predicted molar refractivity (Wildman–Crippen MR) is 101 cm³/mol. The molecule has 3 aromatic rings. The Kier molecular flexibility index (Phi) is 3.93. The van der Waals surface area contributed by atoms with Gasteiger partial charge in [-0.15, -0.1) is 0 Å². The molecule has 4 nitrogen and oxygen atoms in total. The SMILES string of the molecule is CC(c1ccccc1)n1cc(/C=C2\SC(=O)NC2=O)c2ccccc21. The lowest BCUT2D eigenvalue weighted by Gasteiger charge is -2.15. The molecule has 0 spiro atoms. The number of aromatic nitrogens is 1. The van der Waals surface area contributed by atoms with E-state index in [0.717, 1.165) is 28.2 Å². The molecule has 25 heavy (non-hydrogen) atoms. The van der Waals surface area contributed by atoms with Gasteiger partial charge in [0.15, 0.2) is 0 Å². The second-order valence-electron chi connectivity index (χ2n) is 5.95. The maximum absolute atomic E-state index is 11.9. The Morgan fingerprint density at radius 2 is 1.76 bits per heavy atom. The molecule has 1 aliphatic rings. The molecule has 4 rings (SSSR count). The van der Waals surface area contributed by atoms with E-state index in [1.807, 2.05) is 42.6 Å². The minimum atomic E-state index is -0.331. The summed E-state index contributed by atoms with van der Waals surface area (Å²) < 4.78 is 2.20. The number of thioether (sulfide) groups is 1. The number of benzene rings is 2. The summed E-state index contributed by atoms with van der Waals surface area (Å²) in [5.41, 5.74) is 3.25. The highest BCUT2D eigenvalue weighted by atomic mass is 32.2. The number of amides is 2. The van der Waals surface area contributed by atoms with E-state index in [9.17, 15) is 9.59 Å². The third-order valence-corrected chi connectivity index (χ3v) is 5.21. The third-order valence-electron chi connectivity index (χ3n) is 4.40. The van der Waals surface area contributed by atoms with Crippen LogP contribution in [0, 0.1) is 0 Å². The van der Waals surface area contributed by atoms with Gasteiger partial charge in [-0.25, -0.2) is 0 Å². The molecule has 0 saturated carbocycles. The van der Waals surface area contributed by atoms with Gasteiger partial charge < -0.3 is 4.57 Å². The molecule has 0 radical (unpaired) electrons. The van der Waals surface area contributed by atoms with Crippen molar-refractivity contribution in [2.75, 3.05) is 0 Å². The minimum Gasteiger partial charge on any atom is -0.340 e. The van der Waals surface area contributed by atoms with Crippen LogP contribution < -0.4 is 5.32 Å². The van der Waals surface area contributed by atoms with E-state index in [4.69, 9.17) is 0 Å². The van der Waals surface area contributed by atoms with Gasteiger partial charge in [-0.1, -0.05) is 48.5 Å². The number of carbonyl (C=O) groups is 2. The molecule has 0 aliphatic carbocycles. The highest BCUT2D eigenvalue weighted by Crippen LogP contribution is 2.32. The van der Waals surface area contributed by atoms with Crippen molar-refractivity contribution < 1.29 is 9.59 Å². The molecule has 2 amide bonds. The number of hydrogen-bond donors (Lipinski definition) is 1. The smallest absolute Gasteiger partial charge is 0.290 e. The lowest BCUT2D eigenvalue weighted by molar-refractivity contribution is -0.115. The van der Waals surface area contributed by atoms with Crippen LogP contribution in [0.25, 0.3) is 17.0 Å². The first kappa shape index (κ1) is 15.7. The van der Waals surface area contributed by atoms with Crippen molar-refractivity contribution in [2.24, 2.45) is 0 Å². The Hall–Kier alpha value is -2.79. The van der Waals surface area contributed by atoms with Crippen molar-refractivity contribution in [2.45, 2.75) is 13.0 Å². The van der Waals surface area contributed by atoms with Crippen LogP contribution >= 0.6 is 11.8 Å². The fraction of sp³-hybridized carbons (Fsp3) is 0.100. The number of nitrogens with one attached hydrogen (secondary N) is 1. The zero-order valence-electron chi connectivity index (χ0n) is 13.6.